The number of nitrogens with two attached hydrogens (primary N) is 1. The third kappa shape index (κ3) is 3.97. The highest BCUT2D eigenvalue weighted by atomic mass is 16.4. The molecule has 0 atom stereocenters. The van der Waals surface area contributed by atoms with E-state index in [1.165, 1.54) is 12.2 Å². The minimum Gasteiger partial charge on any atom is -0.478 e. The fourth-order valence-electron chi connectivity index (χ4n) is 0.364. The zero-order valence-corrected chi connectivity index (χ0v) is 6.37. The molecule has 0 aromatic heterocycles. The highest BCUT2D eigenvalue weighted by Crippen LogP contribution is 1.95. The van der Waals surface area contributed by atoms with E-state index in [2.05, 4.69) is 6.58 Å². The summed E-state index contributed by atoms with van der Waals surface area (Å²) in [6.07, 6.45) is 4.53. The number of allylic oxidation sites excluding steroid dienone is 2. The molecular formula is C8H11NO2. The summed E-state index contributed by atoms with van der Waals surface area (Å²) in [5, 5.41) is 8.36. The van der Waals surface area contributed by atoms with Gasteiger partial charge in [0.15, 0.2) is 0 Å². The van der Waals surface area contributed by atoms with Gasteiger partial charge in [-0.3, -0.25) is 0 Å². The van der Waals surface area contributed by atoms with Crippen molar-refractivity contribution in [2.24, 2.45) is 5.73 Å². The van der Waals surface area contributed by atoms with E-state index in [4.69, 9.17) is 10.8 Å². The van der Waals surface area contributed by atoms with Gasteiger partial charge in [0, 0.05) is 5.70 Å². The van der Waals surface area contributed by atoms with Crippen LogP contribution in [0.3, 0.4) is 0 Å². The summed E-state index contributed by atoms with van der Waals surface area (Å²) in [4.78, 5) is 10.2. The summed E-state index contributed by atoms with van der Waals surface area (Å²) in [5.41, 5.74) is 5.91. The molecule has 0 fully saturated rings. The Morgan fingerprint density at radius 1 is 1.55 bits per heavy atom. The average Bonchev–Trinajstić information content (AvgIpc) is 1.99. The first-order chi connectivity index (χ1) is 5.07. The van der Waals surface area contributed by atoms with E-state index in [1.54, 1.807) is 13.0 Å². The summed E-state index contributed by atoms with van der Waals surface area (Å²) in [6, 6.07) is 0. The first-order valence-corrected chi connectivity index (χ1v) is 3.10. The van der Waals surface area contributed by atoms with Gasteiger partial charge in [-0.2, -0.15) is 0 Å². The zero-order valence-electron chi connectivity index (χ0n) is 6.37. The van der Waals surface area contributed by atoms with Crippen molar-refractivity contribution in [3.63, 3.8) is 0 Å². The Hall–Kier alpha value is -1.51. The summed E-state index contributed by atoms with van der Waals surface area (Å²) < 4.78 is 0. The van der Waals surface area contributed by atoms with Crippen LogP contribution in [0.5, 0.6) is 0 Å². The van der Waals surface area contributed by atoms with Gasteiger partial charge in [-0.15, -0.1) is 0 Å². The Bertz CT molecular complexity index is 226. The van der Waals surface area contributed by atoms with Crippen molar-refractivity contribution in [2.75, 3.05) is 0 Å². The normalized spacial score (nSPS) is 11.9. The van der Waals surface area contributed by atoms with E-state index >= 15 is 0 Å². The fourth-order valence-corrected chi connectivity index (χ4v) is 0.364. The number of hydrogen-bond acceptors (Lipinski definition) is 2. The Balaban J connectivity index is 4.15. The highest BCUT2D eigenvalue weighted by molar-refractivity contribution is 5.89. The summed E-state index contributed by atoms with van der Waals surface area (Å²) >= 11 is 0. The maximum absolute atomic E-state index is 10.2. The lowest BCUT2D eigenvalue weighted by Crippen LogP contribution is -1.97. The van der Waals surface area contributed by atoms with Crippen LogP contribution in [0.2, 0.25) is 0 Å². The molecule has 0 rings (SSSR count). The van der Waals surface area contributed by atoms with Gasteiger partial charge in [0.1, 0.15) is 0 Å². The molecule has 60 valence electrons. The Morgan fingerprint density at radius 2 is 2.09 bits per heavy atom. The molecule has 0 aliphatic rings. The Morgan fingerprint density at radius 3 is 2.45 bits per heavy atom. The van der Waals surface area contributed by atoms with Crippen molar-refractivity contribution in [3.8, 4) is 0 Å². The third-order valence-electron chi connectivity index (χ3n) is 1.09. The van der Waals surface area contributed by atoms with Crippen molar-refractivity contribution in [3.05, 3.63) is 36.1 Å². The van der Waals surface area contributed by atoms with Gasteiger partial charge in [0.2, 0.25) is 0 Å². The molecule has 0 saturated heterocycles. The molecule has 0 spiro atoms. The van der Waals surface area contributed by atoms with E-state index in [0.717, 1.165) is 0 Å². The van der Waals surface area contributed by atoms with Gasteiger partial charge in [0.25, 0.3) is 0 Å². The zero-order chi connectivity index (χ0) is 8.85. The van der Waals surface area contributed by atoms with Gasteiger partial charge in [0.05, 0.1) is 5.57 Å². The number of carboxylic acid groups (broad SMARTS) is 1. The number of carboxylic acids is 1. The SMILES string of the molecule is C=C(/C=C\C(N)=C/C)C(=O)O. The fraction of sp³-hybridized carbons (Fsp3) is 0.125. The standard InChI is InChI=1S/C8H11NO2/c1-3-7(9)5-4-6(2)8(10)11/h3-5H,2,9H2,1H3,(H,10,11)/b5-4-,7-3+. The molecule has 0 aromatic carbocycles. The second kappa shape index (κ2) is 4.33. The van der Waals surface area contributed by atoms with E-state index in [-0.39, 0.29) is 5.57 Å². The molecule has 0 saturated carbocycles. The largest absolute Gasteiger partial charge is 0.478 e. The predicted molar refractivity (Wildman–Crippen MR) is 43.9 cm³/mol. The Labute approximate surface area is 65.5 Å². The van der Waals surface area contributed by atoms with Gasteiger partial charge < -0.3 is 10.8 Å². The molecule has 0 amide bonds. The van der Waals surface area contributed by atoms with Crippen molar-refractivity contribution in [1.82, 2.24) is 0 Å². The first-order valence-electron chi connectivity index (χ1n) is 3.10. The molecule has 0 bridgehead atoms. The van der Waals surface area contributed by atoms with Crippen molar-refractivity contribution in [1.29, 1.82) is 0 Å². The summed E-state index contributed by atoms with van der Waals surface area (Å²) in [5.74, 6) is -1.04. The molecule has 0 unspecified atom stereocenters. The van der Waals surface area contributed by atoms with Crippen LogP contribution in [0, 0.1) is 0 Å². The van der Waals surface area contributed by atoms with Crippen LogP contribution >= 0.6 is 0 Å². The molecule has 0 aliphatic carbocycles. The van der Waals surface area contributed by atoms with Gasteiger partial charge in [-0.25, -0.2) is 4.79 Å². The van der Waals surface area contributed by atoms with E-state index in [0.29, 0.717) is 5.70 Å². The van der Waals surface area contributed by atoms with Gasteiger partial charge >= 0.3 is 5.97 Å². The Kier molecular flexibility index (Phi) is 3.73. The van der Waals surface area contributed by atoms with Crippen LogP contribution in [0.15, 0.2) is 36.1 Å². The van der Waals surface area contributed by atoms with Crippen LogP contribution in [-0.2, 0) is 4.79 Å². The first kappa shape index (κ1) is 9.49. The van der Waals surface area contributed by atoms with Crippen LogP contribution in [0.4, 0.5) is 0 Å². The number of hydrogen-bond donors (Lipinski definition) is 2. The lowest BCUT2D eigenvalue weighted by atomic mass is 10.2. The monoisotopic (exact) mass is 153 g/mol. The second-order valence-corrected chi connectivity index (χ2v) is 1.95. The molecule has 0 aliphatic heterocycles. The molecular weight excluding hydrogens is 142 g/mol. The average molecular weight is 153 g/mol. The van der Waals surface area contributed by atoms with Crippen molar-refractivity contribution >= 4 is 5.97 Å². The van der Waals surface area contributed by atoms with E-state index in [1.807, 2.05) is 0 Å². The predicted octanol–water partition coefficient (Wildman–Crippen LogP) is 1.05. The van der Waals surface area contributed by atoms with Gasteiger partial charge in [-0.05, 0) is 19.1 Å². The van der Waals surface area contributed by atoms with Gasteiger partial charge in [-0.1, -0.05) is 12.7 Å². The molecule has 0 aromatic rings. The topological polar surface area (TPSA) is 63.3 Å². The minimum absolute atomic E-state index is 0.0230. The highest BCUT2D eigenvalue weighted by Gasteiger charge is 1.96. The lowest BCUT2D eigenvalue weighted by Gasteiger charge is -1.90. The van der Waals surface area contributed by atoms with Crippen molar-refractivity contribution in [2.45, 2.75) is 6.92 Å². The number of rotatable bonds is 3. The molecule has 3 N–H and O–H groups in total. The number of aliphatic carboxylic acids is 1. The number of carbonyl (C=O) groups is 1. The van der Waals surface area contributed by atoms with Crippen LogP contribution in [0.1, 0.15) is 6.92 Å². The maximum atomic E-state index is 10.2. The molecule has 0 radical (unpaired) electrons. The third-order valence-corrected chi connectivity index (χ3v) is 1.09. The lowest BCUT2D eigenvalue weighted by molar-refractivity contribution is -0.132. The molecule has 3 nitrogen and oxygen atoms in total. The van der Waals surface area contributed by atoms with Crippen LogP contribution < -0.4 is 5.73 Å². The molecule has 0 heterocycles. The van der Waals surface area contributed by atoms with Crippen LogP contribution in [-0.4, -0.2) is 11.1 Å². The summed E-state index contributed by atoms with van der Waals surface area (Å²) in [7, 11) is 0. The quantitative estimate of drug-likeness (QED) is 0.470. The van der Waals surface area contributed by atoms with Crippen LogP contribution in [0.25, 0.3) is 0 Å². The smallest absolute Gasteiger partial charge is 0.335 e. The molecule has 11 heavy (non-hydrogen) atoms. The van der Waals surface area contributed by atoms with Crippen molar-refractivity contribution < 1.29 is 9.90 Å². The molecule has 3 heteroatoms. The minimum atomic E-state index is -1.04. The van der Waals surface area contributed by atoms with E-state index in [9.17, 15) is 4.79 Å². The van der Waals surface area contributed by atoms with E-state index < -0.39 is 5.97 Å². The maximum Gasteiger partial charge on any atom is 0.335 e. The summed E-state index contributed by atoms with van der Waals surface area (Å²) in [6.45, 7) is 5.06. The second-order valence-electron chi connectivity index (χ2n) is 1.95.